The van der Waals surface area contributed by atoms with Gasteiger partial charge in [-0.15, -0.1) is 0 Å². The van der Waals surface area contributed by atoms with Crippen molar-refractivity contribution in [1.29, 1.82) is 0 Å². The quantitative estimate of drug-likeness (QED) is 0.589. The minimum absolute atomic E-state index is 0.653. The Labute approximate surface area is 51.3 Å². The first-order valence-corrected chi connectivity index (χ1v) is 4.06. The molecule has 2 nitrogen and oxygen atoms in total. The Hall–Kier alpha value is -0.100. The fourth-order valence-corrected chi connectivity index (χ4v) is 0.911. The molecule has 56 valence electrons. The standard InChI is InChI=1S/C3H5F3O2S/c1-9(7,8)2-3(4,5)6/h2H2,1H3/p+1. The van der Waals surface area contributed by atoms with Gasteiger partial charge in [0.25, 0.3) is 0 Å². The highest BCUT2D eigenvalue weighted by Gasteiger charge is 2.40. The van der Waals surface area contributed by atoms with Crippen molar-refractivity contribution in [2.75, 3.05) is 12.0 Å². The van der Waals surface area contributed by atoms with E-state index < -0.39 is 22.1 Å². The number of halogens is 3. The molecule has 0 aromatic carbocycles. The summed E-state index contributed by atoms with van der Waals surface area (Å²) in [5, 5.41) is 0. The highest BCUT2D eigenvalue weighted by molar-refractivity contribution is 7.97. The Morgan fingerprint density at radius 3 is 1.89 bits per heavy atom. The Kier molecular flexibility index (Phi) is 2.24. The van der Waals surface area contributed by atoms with Crippen LogP contribution in [0.15, 0.2) is 0 Å². The number of alkyl halides is 3. The van der Waals surface area contributed by atoms with Crippen molar-refractivity contribution >= 4 is 10.2 Å². The normalized spacial score (nSPS) is 19.2. The van der Waals surface area contributed by atoms with E-state index in [2.05, 4.69) is 0 Å². The van der Waals surface area contributed by atoms with Gasteiger partial charge in [0.15, 0.2) is 0 Å². The predicted octanol–water partition coefficient (Wildman–Crippen LogP) is 1.15. The maximum absolute atomic E-state index is 11.2. The number of hydrogen-bond acceptors (Lipinski definition) is 1. The lowest BCUT2D eigenvalue weighted by atomic mass is 10.8. The first kappa shape index (κ1) is 8.90. The van der Waals surface area contributed by atoms with Crippen molar-refractivity contribution in [1.82, 2.24) is 0 Å². The zero-order valence-corrected chi connectivity index (χ0v) is 5.42. The Morgan fingerprint density at radius 2 is 1.89 bits per heavy atom. The van der Waals surface area contributed by atoms with Crippen LogP contribution in [-0.2, 0) is 14.4 Å². The van der Waals surface area contributed by atoms with E-state index in [-0.39, 0.29) is 0 Å². The van der Waals surface area contributed by atoms with Gasteiger partial charge in [0.05, 0.1) is 0 Å². The van der Waals surface area contributed by atoms with Crippen LogP contribution < -0.4 is 0 Å². The van der Waals surface area contributed by atoms with E-state index in [0.717, 1.165) is 0 Å². The van der Waals surface area contributed by atoms with Crippen LogP contribution in [0.3, 0.4) is 0 Å². The molecule has 0 aliphatic carbocycles. The minimum Gasteiger partial charge on any atom is -0.188 e. The predicted molar refractivity (Wildman–Crippen MR) is 27.5 cm³/mol. The molecule has 0 aromatic heterocycles. The molecular formula is C3H6F3O2S+. The third-order valence-corrected chi connectivity index (χ3v) is 1.29. The molecule has 0 fully saturated rings. The van der Waals surface area contributed by atoms with Crippen molar-refractivity contribution in [3.05, 3.63) is 0 Å². The van der Waals surface area contributed by atoms with Gasteiger partial charge in [0, 0.05) is 0 Å². The summed E-state index contributed by atoms with van der Waals surface area (Å²) in [6.45, 7) is 0. The van der Waals surface area contributed by atoms with Gasteiger partial charge in [-0.3, -0.25) is 0 Å². The van der Waals surface area contributed by atoms with E-state index in [9.17, 15) is 17.4 Å². The summed E-state index contributed by atoms with van der Waals surface area (Å²) < 4.78 is 51.8. The van der Waals surface area contributed by atoms with Crippen molar-refractivity contribution in [3.8, 4) is 0 Å². The van der Waals surface area contributed by atoms with Gasteiger partial charge in [-0.2, -0.15) is 17.7 Å². The molecule has 0 aliphatic heterocycles. The highest BCUT2D eigenvalue weighted by Crippen LogP contribution is 2.18. The SMILES string of the molecule is C[S+](=O)(O)CC(F)(F)F. The second-order valence-corrected chi connectivity index (χ2v) is 3.93. The lowest BCUT2D eigenvalue weighted by molar-refractivity contribution is -0.107. The Morgan fingerprint density at radius 1 is 1.56 bits per heavy atom. The molecule has 0 saturated heterocycles. The fourth-order valence-electron chi connectivity index (χ4n) is 0.304. The zero-order valence-electron chi connectivity index (χ0n) is 4.60. The van der Waals surface area contributed by atoms with E-state index in [1.54, 1.807) is 0 Å². The van der Waals surface area contributed by atoms with E-state index in [0.29, 0.717) is 6.26 Å². The summed E-state index contributed by atoms with van der Waals surface area (Å²) in [6.07, 6.45) is -3.89. The molecule has 1 unspecified atom stereocenters. The monoisotopic (exact) mass is 163 g/mol. The summed E-state index contributed by atoms with van der Waals surface area (Å²) in [7, 11) is -3.66. The molecule has 0 aliphatic rings. The molecule has 0 saturated carbocycles. The second-order valence-electron chi connectivity index (χ2n) is 1.72. The van der Waals surface area contributed by atoms with Gasteiger partial charge in [0.1, 0.15) is 6.26 Å². The molecule has 1 atom stereocenters. The number of rotatable bonds is 1. The van der Waals surface area contributed by atoms with Crippen LogP contribution in [0, 0.1) is 0 Å². The van der Waals surface area contributed by atoms with Crippen LogP contribution >= 0.6 is 0 Å². The summed E-state index contributed by atoms with van der Waals surface area (Å²) in [4.78, 5) is 0. The molecule has 0 heterocycles. The van der Waals surface area contributed by atoms with E-state index in [4.69, 9.17) is 4.55 Å². The highest BCUT2D eigenvalue weighted by atomic mass is 32.3. The summed E-state index contributed by atoms with van der Waals surface area (Å²) >= 11 is 0. The van der Waals surface area contributed by atoms with Gasteiger partial charge in [0.2, 0.25) is 16.0 Å². The second kappa shape index (κ2) is 2.26. The summed E-state index contributed by atoms with van der Waals surface area (Å²) in [5.41, 5.74) is 0. The average molecular weight is 163 g/mol. The van der Waals surface area contributed by atoms with E-state index in [1.165, 1.54) is 0 Å². The lowest BCUT2D eigenvalue weighted by Gasteiger charge is -2.01. The summed E-state index contributed by atoms with van der Waals surface area (Å²) in [6, 6.07) is 0. The van der Waals surface area contributed by atoms with Crippen molar-refractivity contribution in [3.63, 3.8) is 0 Å². The minimum atomic E-state index is -4.54. The molecule has 1 N–H and O–H groups in total. The van der Waals surface area contributed by atoms with Crippen molar-refractivity contribution in [2.45, 2.75) is 6.18 Å². The smallest absolute Gasteiger partial charge is 0.188 e. The molecule has 6 heteroatoms. The molecule has 0 bridgehead atoms. The average Bonchev–Trinajstić information content (AvgIpc) is 1.14. The van der Waals surface area contributed by atoms with E-state index in [1.807, 2.05) is 0 Å². The van der Waals surface area contributed by atoms with Crippen LogP contribution in [-0.4, -0.2) is 22.7 Å². The Bertz CT molecular complexity index is 134. The van der Waals surface area contributed by atoms with Crippen LogP contribution in [0.1, 0.15) is 0 Å². The topological polar surface area (TPSA) is 37.3 Å². The van der Waals surface area contributed by atoms with Crippen LogP contribution in [0.25, 0.3) is 0 Å². The summed E-state index contributed by atoms with van der Waals surface area (Å²) in [5.74, 6) is -1.63. The molecule has 0 spiro atoms. The zero-order chi connectivity index (χ0) is 7.71. The molecule has 0 aromatic rings. The van der Waals surface area contributed by atoms with Gasteiger partial charge in [-0.25, -0.2) is 0 Å². The maximum Gasteiger partial charge on any atom is 0.436 e. The fraction of sp³-hybridized carbons (Fsp3) is 1.00. The maximum atomic E-state index is 11.2. The molecule has 9 heavy (non-hydrogen) atoms. The first-order valence-electron chi connectivity index (χ1n) is 1.97. The molecule has 0 radical (unpaired) electrons. The first-order chi connectivity index (χ1) is 3.71. The van der Waals surface area contributed by atoms with Crippen molar-refractivity contribution in [2.24, 2.45) is 0 Å². The van der Waals surface area contributed by atoms with E-state index >= 15 is 0 Å². The Balaban J connectivity index is 3.90. The van der Waals surface area contributed by atoms with Crippen LogP contribution in [0.2, 0.25) is 0 Å². The largest absolute Gasteiger partial charge is 0.436 e. The third kappa shape index (κ3) is 7.90. The van der Waals surface area contributed by atoms with Crippen LogP contribution in [0.5, 0.6) is 0 Å². The lowest BCUT2D eigenvalue weighted by Crippen LogP contribution is -2.25. The number of hydrogen-bond donors (Lipinski definition) is 1. The van der Waals surface area contributed by atoms with Gasteiger partial charge in [-0.1, -0.05) is 4.21 Å². The van der Waals surface area contributed by atoms with Gasteiger partial charge < -0.3 is 0 Å². The van der Waals surface area contributed by atoms with Crippen molar-refractivity contribution < 1.29 is 21.9 Å². The van der Waals surface area contributed by atoms with Crippen LogP contribution in [0.4, 0.5) is 13.2 Å². The molecular weight excluding hydrogens is 157 g/mol. The van der Waals surface area contributed by atoms with Gasteiger partial charge >= 0.3 is 6.18 Å². The van der Waals surface area contributed by atoms with Gasteiger partial charge in [-0.05, 0) is 0 Å². The molecule has 0 amide bonds. The third-order valence-electron chi connectivity index (χ3n) is 0.431. The molecule has 0 rings (SSSR count).